The van der Waals surface area contributed by atoms with Gasteiger partial charge in [0.2, 0.25) is 5.91 Å². The Hall–Kier alpha value is -3.21. The quantitative estimate of drug-likeness (QED) is 0.693. The summed E-state index contributed by atoms with van der Waals surface area (Å²) in [5.74, 6) is 0.929. The highest BCUT2D eigenvalue weighted by Crippen LogP contribution is 2.21. The molecule has 0 radical (unpaired) electrons. The molecule has 1 heterocycles. The number of hydrogen-bond donors (Lipinski definition) is 1. The molecule has 0 atom stereocenters. The third-order valence-electron chi connectivity index (χ3n) is 3.83. The lowest BCUT2D eigenvalue weighted by Gasteiger charge is -2.08. The fourth-order valence-electron chi connectivity index (χ4n) is 2.41. The second kappa shape index (κ2) is 8.76. The zero-order valence-electron chi connectivity index (χ0n) is 14.2. The van der Waals surface area contributed by atoms with E-state index in [-0.39, 0.29) is 11.7 Å². The SMILES string of the molecule is O=C(CCc1cccnc1)NCc1ccc(Oc2ccc(F)cc2)cc1. The molecule has 132 valence electrons. The predicted molar refractivity (Wildman–Crippen MR) is 97.3 cm³/mol. The molecular formula is C21H19FN2O2. The summed E-state index contributed by atoms with van der Waals surface area (Å²) in [5.41, 5.74) is 2.02. The van der Waals surface area contributed by atoms with E-state index in [0.29, 0.717) is 30.9 Å². The fourth-order valence-corrected chi connectivity index (χ4v) is 2.41. The fraction of sp³-hybridized carbons (Fsp3) is 0.143. The summed E-state index contributed by atoms with van der Waals surface area (Å²) in [6, 6.07) is 17.1. The average molecular weight is 350 g/mol. The van der Waals surface area contributed by atoms with Crippen LogP contribution in [0.4, 0.5) is 4.39 Å². The van der Waals surface area contributed by atoms with Gasteiger partial charge in [-0.2, -0.15) is 0 Å². The normalized spacial score (nSPS) is 10.3. The number of carbonyl (C=O) groups is 1. The van der Waals surface area contributed by atoms with Gasteiger partial charge < -0.3 is 10.1 Å². The van der Waals surface area contributed by atoms with Crippen molar-refractivity contribution in [2.75, 3.05) is 0 Å². The first-order valence-electron chi connectivity index (χ1n) is 8.37. The van der Waals surface area contributed by atoms with Gasteiger partial charge in [-0.1, -0.05) is 18.2 Å². The Morgan fingerprint density at radius 1 is 0.962 bits per heavy atom. The first kappa shape index (κ1) is 17.6. The van der Waals surface area contributed by atoms with Crippen molar-refractivity contribution in [3.8, 4) is 11.5 Å². The van der Waals surface area contributed by atoms with Gasteiger partial charge in [-0.05, 0) is 60.0 Å². The molecule has 0 spiro atoms. The van der Waals surface area contributed by atoms with Gasteiger partial charge in [0.25, 0.3) is 0 Å². The molecule has 0 aliphatic carbocycles. The Balaban J connectivity index is 1.45. The minimum Gasteiger partial charge on any atom is -0.457 e. The van der Waals surface area contributed by atoms with Crippen LogP contribution in [0.5, 0.6) is 11.5 Å². The number of halogens is 1. The van der Waals surface area contributed by atoms with Crippen LogP contribution in [0.25, 0.3) is 0 Å². The highest BCUT2D eigenvalue weighted by molar-refractivity contribution is 5.76. The number of aromatic nitrogens is 1. The Bertz CT molecular complexity index is 834. The summed E-state index contributed by atoms with van der Waals surface area (Å²) in [6.45, 7) is 0.461. The van der Waals surface area contributed by atoms with Gasteiger partial charge in [0.05, 0.1) is 0 Å². The molecule has 0 aliphatic rings. The topological polar surface area (TPSA) is 51.2 Å². The van der Waals surface area contributed by atoms with Crippen molar-refractivity contribution in [3.63, 3.8) is 0 Å². The van der Waals surface area contributed by atoms with E-state index in [4.69, 9.17) is 4.74 Å². The van der Waals surface area contributed by atoms with Crippen LogP contribution in [-0.4, -0.2) is 10.9 Å². The average Bonchev–Trinajstić information content (AvgIpc) is 2.68. The molecule has 0 unspecified atom stereocenters. The van der Waals surface area contributed by atoms with Gasteiger partial charge >= 0.3 is 0 Å². The van der Waals surface area contributed by atoms with E-state index in [1.165, 1.54) is 12.1 Å². The second-order valence-electron chi connectivity index (χ2n) is 5.84. The number of ether oxygens (including phenoxy) is 1. The highest BCUT2D eigenvalue weighted by Gasteiger charge is 2.03. The second-order valence-corrected chi connectivity index (χ2v) is 5.84. The minimum atomic E-state index is -0.299. The number of rotatable bonds is 7. The van der Waals surface area contributed by atoms with E-state index in [2.05, 4.69) is 10.3 Å². The molecule has 1 N–H and O–H groups in total. The van der Waals surface area contributed by atoms with Crippen molar-refractivity contribution >= 4 is 5.91 Å². The van der Waals surface area contributed by atoms with E-state index in [0.717, 1.165) is 11.1 Å². The van der Waals surface area contributed by atoms with Crippen molar-refractivity contribution in [2.24, 2.45) is 0 Å². The van der Waals surface area contributed by atoms with Crippen LogP contribution >= 0.6 is 0 Å². The maximum Gasteiger partial charge on any atom is 0.220 e. The molecule has 0 fully saturated rings. The van der Waals surface area contributed by atoms with E-state index in [1.807, 2.05) is 36.4 Å². The van der Waals surface area contributed by atoms with Gasteiger partial charge in [-0.3, -0.25) is 9.78 Å². The molecule has 0 bridgehead atoms. The van der Waals surface area contributed by atoms with E-state index in [1.54, 1.807) is 24.5 Å². The van der Waals surface area contributed by atoms with E-state index >= 15 is 0 Å². The number of hydrogen-bond acceptors (Lipinski definition) is 3. The van der Waals surface area contributed by atoms with Crippen LogP contribution in [0.1, 0.15) is 17.5 Å². The van der Waals surface area contributed by atoms with Crippen LogP contribution in [-0.2, 0) is 17.8 Å². The Labute approximate surface area is 151 Å². The molecule has 3 rings (SSSR count). The molecule has 0 saturated carbocycles. The molecule has 26 heavy (non-hydrogen) atoms. The van der Waals surface area contributed by atoms with Crippen molar-refractivity contribution < 1.29 is 13.9 Å². The van der Waals surface area contributed by atoms with Gasteiger partial charge in [0.15, 0.2) is 0 Å². The van der Waals surface area contributed by atoms with Crippen LogP contribution in [0.15, 0.2) is 73.1 Å². The minimum absolute atomic E-state index is 0.000455. The largest absolute Gasteiger partial charge is 0.457 e. The van der Waals surface area contributed by atoms with Gasteiger partial charge in [0, 0.05) is 25.4 Å². The van der Waals surface area contributed by atoms with Crippen molar-refractivity contribution in [1.29, 1.82) is 0 Å². The molecule has 0 aliphatic heterocycles. The molecule has 1 amide bonds. The standard InChI is InChI=1S/C21H19FN2O2/c22-18-6-10-20(11-7-18)26-19-8-3-17(4-9-19)15-24-21(25)12-5-16-2-1-13-23-14-16/h1-4,6-11,13-14H,5,12,15H2,(H,24,25). The van der Waals surface area contributed by atoms with Crippen LogP contribution in [0, 0.1) is 5.82 Å². The third-order valence-corrected chi connectivity index (χ3v) is 3.83. The Kier molecular flexibility index (Phi) is 5.93. The predicted octanol–water partition coefficient (Wildman–Crippen LogP) is 4.26. The van der Waals surface area contributed by atoms with Crippen molar-refractivity contribution in [2.45, 2.75) is 19.4 Å². The first-order valence-corrected chi connectivity index (χ1v) is 8.37. The number of carbonyl (C=O) groups excluding carboxylic acids is 1. The number of nitrogens with zero attached hydrogens (tertiary/aromatic N) is 1. The molecule has 2 aromatic carbocycles. The Morgan fingerprint density at radius 3 is 2.31 bits per heavy atom. The van der Waals surface area contributed by atoms with E-state index in [9.17, 15) is 9.18 Å². The van der Waals surface area contributed by atoms with Crippen LogP contribution in [0.2, 0.25) is 0 Å². The highest BCUT2D eigenvalue weighted by atomic mass is 19.1. The summed E-state index contributed by atoms with van der Waals surface area (Å²) < 4.78 is 18.5. The zero-order chi connectivity index (χ0) is 18.2. The lowest BCUT2D eigenvalue weighted by Crippen LogP contribution is -2.22. The maximum absolute atomic E-state index is 12.9. The van der Waals surface area contributed by atoms with Crippen LogP contribution < -0.4 is 10.1 Å². The summed E-state index contributed by atoms with van der Waals surface area (Å²) in [7, 11) is 0. The number of nitrogens with one attached hydrogen (secondary N) is 1. The summed E-state index contributed by atoms with van der Waals surface area (Å²) in [5, 5.41) is 2.90. The lowest BCUT2D eigenvalue weighted by atomic mass is 10.1. The monoisotopic (exact) mass is 350 g/mol. The first-order chi connectivity index (χ1) is 12.7. The van der Waals surface area contributed by atoms with Gasteiger partial charge in [-0.25, -0.2) is 4.39 Å². The smallest absolute Gasteiger partial charge is 0.220 e. The number of benzene rings is 2. The number of amides is 1. The Morgan fingerprint density at radius 2 is 1.65 bits per heavy atom. The lowest BCUT2D eigenvalue weighted by molar-refractivity contribution is -0.121. The third kappa shape index (κ3) is 5.41. The van der Waals surface area contributed by atoms with Crippen LogP contribution in [0.3, 0.4) is 0 Å². The maximum atomic E-state index is 12.9. The van der Waals surface area contributed by atoms with Crippen molar-refractivity contribution in [1.82, 2.24) is 10.3 Å². The molecule has 4 nitrogen and oxygen atoms in total. The van der Waals surface area contributed by atoms with Gasteiger partial charge in [0.1, 0.15) is 17.3 Å². The summed E-state index contributed by atoms with van der Waals surface area (Å²) in [6.07, 6.45) is 4.59. The van der Waals surface area contributed by atoms with Crippen molar-refractivity contribution in [3.05, 3.63) is 90.0 Å². The summed E-state index contributed by atoms with van der Waals surface area (Å²) >= 11 is 0. The molecule has 5 heteroatoms. The number of aryl methyl sites for hydroxylation is 1. The zero-order valence-corrected chi connectivity index (χ0v) is 14.2. The summed E-state index contributed by atoms with van der Waals surface area (Å²) in [4.78, 5) is 16.0. The molecule has 1 aromatic heterocycles. The molecule has 3 aromatic rings. The molecule has 0 saturated heterocycles. The number of pyridine rings is 1. The molecular weight excluding hydrogens is 331 g/mol. The van der Waals surface area contributed by atoms with Gasteiger partial charge in [-0.15, -0.1) is 0 Å². The van der Waals surface area contributed by atoms with E-state index < -0.39 is 0 Å².